The maximum Gasteiger partial charge on any atom is 0.262 e. The lowest BCUT2D eigenvalue weighted by molar-refractivity contribution is -0.132. The molecule has 0 saturated heterocycles. The smallest absolute Gasteiger partial charge is 0.262 e. The van der Waals surface area contributed by atoms with Crippen molar-refractivity contribution in [1.29, 1.82) is 0 Å². The number of halogens is 3. The van der Waals surface area contributed by atoms with Gasteiger partial charge in [-0.3, -0.25) is 9.59 Å². The van der Waals surface area contributed by atoms with Crippen LogP contribution in [0.2, 0.25) is 15.1 Å². The van der Waals surface area contributed by atoms with Crippen LogP contribution in [0, 0.1) is 11.8 Å². The Hall–Kier alpha value is -2.48. The average molecular weight is 557 g/mol. The Balaban J connectivity index is 2.06. The highest BCUT2D eigenvalue weighted by Gasteiger charge is 2.25. The molecule has 2 aromatic rings. The van der Waals surface area contributed by atoms with Crippen molar-refractivity contribution in [3.63, 3.8) is 0 Å². The van der Waals surface area contributed by atoms with Gasteiger partial charge in [-0.15, -0.1) is 0 Å². The molecule has 0 heterocycles. The van der Waals surface area contributed by atoms with Crippen LogP contribution in [0.1, 0.15) is 46.6 Å². The first-order valence-electron chi connectivity index (χ1n) is 11.6. The molecule has 36 heavy (non-hydrogen) atoms. The number of carbonyl (C=O) groups is 2. The fourth-order valence-corrected chi connectivity index (χ4v) is 3.69. The summed E-state index contributed by atoms with van der Waals surface area (Å²) in [6.45, 7) is 10.1. The van der Waals surface area contributed by atoms with Crippen LogP contribution >= 0.6 is 34.8 Å². The summed E-state index contributed by atoms with van der Waals surface area (Å²) in [5.41, 5.74) is 3.12. The molecule has 7 nitrogen and oxygen atoms in total. The normalized spacial score (nSPS) is 13.1. The molecule has 0 bridgehead atoms. The van der Waals surface area contributed by atoms with E-state index in [1.807, 2.05) is 27.7 Å². The van der Waals surface area contributed by atoms with E-state index in [2.05, 4.69) is 15.8 Å². The molecule has 2 aromatic carbocycles. The summed E-state index contributed by atoms with van der Waals surface area (Å²) < 4.78 is 11.5. The van der Waals surface area contributed by atoms with Crippen molar-refractivity contribution in [1.82, 2.24) is 10.7 Å². The maximum atomic E-state index is 12.9. The first kappa shape index (κ1) is 29.7. The molecule has 0 aliphatic heterocycles. The first-order chi connectivity index (χ1) is 17.0. The van der Waals surface area contributed by atoms with E-state index in [0.717, 1.165) is 0 Å². The van der Waals surface area contributed by atoms with E-state index < -0.39 is 24.0 Å². The monoisotopic (exact) mass is 555 g/mol. The second kappa shape index (κ2) is 14.3. The molecule has 0 saturated carbocycles. The number of nitrogens with one attached hydrogen (secondary N) is 2. The molecule has 0 aromatic heterocycles. The number of rotatable bonds is 12. The van der Waals surface area contributed by atoms with E-state index in [0.29, 0.717) is 46.1 Å². The molecule has 2 N–H and O–H groups in total. The van der Waals surface area contributed by atoms with E-state index in [9.17, 15) is 9.59 Å². The van der Waals surface area contributed by atoms with Crippen molar-refractivity contribution in [3.05, 3.63) is 57.0 Å². The van der Waals surface area contributed by atoms with Gasteiger partial charge in [-0.25, -0.2) is 5.43 Å². The lowest BCUT2D eigenvalue weighted by atomic mass is 10.0. The molecule has 0 fully saturated rings. The summed E-state index contributed by atoms with van der Waals surface area (Å²) in [5, 5.41) is 8.05. The Bertz CT molecular complexity index is 1080. The lowest BCUT2D eigenvalue weighted by Gasteiger charge is -2.22. The Morgan fingerprint density at radius 1 is 0.917 bits per heavy atom. The van der Waals surface area contributed by atoms with Crippen LogP contribution in [-0.2, 0) is 9.59 Å². The van der Waals surface area contributed by atoms with E-state index in [1.165, 1.54) is 12.3 Å². The summed E-state index contributed by atoms with van der Waals surface area (Å²) in [5.74, 6) is 0.463. The molecule has 10 heteroatoms. The van der Waals surface area contributed by atoms with Gasteiger partial charge in [0.2, 0.25) is 0 Å². The summed E-state index contributed by atoms with van der Waals surface area (Å²) in [6, 6.07) is 9.07. The number of nitrogens with zero attached hydrogens (tertiary/aromatic N) is 1. The Morgan fingerprint density at radius 3 is 2.17 bits per heavy atom. The number of benzene rings is 2. The number of amides is 2. The molecular formula is C26H32Cl3N3O4. The van der Waals surface area contributed by atoms with Crippen molar-refractivity contribution < 1.29 is 19.1 Å². The number of carbonyl (C=O) groups excluding carboxylic acids is 2. The number of hydrazone groups is 1. The van der Waals surface area contributed by atoms with Crippen LogP contribution in [0.15, 0.2) is 41.5 Å². The van der Waals surface area contributed by atoms with Crippen LogP contribution in [0.3, 0.4) is 0 Å². The van der Waals surface area contributed by atoms with E-state index >= 15 is 0 Å². The van der Waals surface area contributed by atoms with Crippen LogP contribution in [0.4, 0.5) is 0 Å². The topological polar surface area (TPSA) is 89.0 Å². The zero-order valence-corrected chi connectivity index (χ0v) is 23.2. The van der Waals surface area contributed by atoms with Crippen molar-refractivity contribution in [3.8, 4) is 11.5 Å². The van der Waals surface area contributed by atoms with E-state index in [1.54, 1.807) is 37.3 Å². The van der Waals surface area contributed by atoms with Gasteiger partial charge in [0.25, 0.3) is 11.8 Å². The van der Waals surface area contributed by atoms with E-state index in [-0.39, 0.29) is 10.9 Å². The molecule has 0 spiro atoms. The van der Waals surface area contributed by atoms with Crippen molar-refractivity contribution >= 4 is 52.8 Å². The Morgan fingerprint density at radius 2 is 1.56 bits per heavy atom. The van der Waals surface area contributed by atoms with Crippen molar-refractivity contribution in [2.75, 3.05) is 6.61 Å². The van der Waals surface area contributed by atoms with Crippen molar-refractivity contribution in [2.45, 2.75) is 53.2 Å². The second-order valence-electron chi connectivity index (χ2n) is 9.15. The van der Waals surface area contributed by atoms with Gasteiger partial charge in [0.15, 0.2) is 6.10 Å². The quantitative estimate of drug-likeness (QED) is 0.243. The van der Waals surface area contributed by atoms with Gasteiger partial charge in [-0.1, -0.05) is 62.5 Å². The van der Waals surface area contributed by atoms with Gasteiger partial charge in [0.1, 0.15) is 17.5 Å². The molecular weight excluding hydrogens is 525 g/mol. The highest BCUT2D eigenvalue weighted by molar-refractivity contribution is 6.35. The van der Waals surface area contributed by atoms with Crippen LogP contribution in [0.25, 0.3) is 0 Å². The van der Waals surface area contributed by atoms with Gasteiger partial charge in [-0.05, 0) is 61.6 Å². The largest absolute Gasteiger partial charge is 0.493 e. The van der Waals surface area contributed by atoms with Crippen LogP contribution < -0.4 is 20.2 Å². The van der Waals surface area contributed by atoms with Gasteiger partial charge < -0.3 is 14.8 Å². The highest BCUT2D eigenvalue weighted by atomic mass is 35.5. The highest BCUT2D eigenvalue weighted by Crippen LogP contribution is 2.28. The fraction of sp³-hybridized carbons (Fsp3) is 0.423. The zero-order valence-electron chi connectivity index (χ0n) is 21.0. The minimum atomic E-state index is -0.901. The standard InChI is InChI=1S/C26H32Cl3N3O4/c1-15(2)10-22(31-25(33)17(5)36-24-9-7-20(28)12-21(24)29)26(34)32-30-13-18-11-19(27)6-8-23(18)35-14-16(3)4/h6-9,11-13,15-17,22H,10,14H2,1-5H3,(H,31,33)(H,32,34)/b30-13-/t17-,22-/m0/s1. The van der Waals surface area contributed by atoms with Crippen LogP contribution in [0.5, 0.6) is 11.5 Å². The third-order valence-corrected chi connectivity index (χ3v) is 5.59. The molecule has 2 amide bonds. The Labute approximate surface area is 227 Å². The molecule has 2 atom stereocenters. The van der Waals surface area contributed by atoms with Gasteiger partial charge >= 0.3 is 0 Å². The van der Waals surface area contributed by atoms with Gasteiger partial charge in [0.05, 0.1) is 17.8 Å². The molecule has 2 rings (SSSR count). The first-order valence-corrected chi connectivity index (χ1v) is 12.8. The molecule has 0 radical (unpaired) electrons. The fourth-order valence-electron chi connectivity index (χ4n) is 3.06. The lowest BCUT2D eigenvalue weighted by Crippen LogP contribution is -2.49. The third-order valence-electron chi connectivity index (χ3n) is 4.83. The van der Waals surface area contributed by atoms with E-state index in [4.69, 9.17) is 44.3 Å². The zero-order chi connectivity index (χ0) is 26.8. The molecule has 0 aliphatic rings. The van der Waals surface area contributed by atoms with Gasteiger partial charge in [0, 0.05) is 15.6 Å². The minimum absolute atomic E-state index is 0.135. The number of hydrogen-bond acceptors (Lipinski definition) is 5. The molecule has 0 unspecified atom stereocenters. The number of hydrogen-bond donors (Lipinski definition) is 2. The Kier molecular flexibility index (Phi) is 11.8. The predicted octanol–water partition coefficient (Wildman–Crippen LogP) is 6.13. The molecule has 0 aliphatic carbocycles. The van der Waals surface area contributed by atoms with Gasteiger partial charge in [-0.2, -0.15) is 5.10 Å². The number of ether oxygens (including phenoxy) is 2. The maximum absolute atomic E-state index is 12.9. The minimum Gasteiger partial charge on any atom is -0.493 e. The molecule has 196 valence electrons. The average Bonchev–Trinajstić information content (AvgIpc) is 2.79. The third kappa shape index (κ3) is 9.88. The van der Waals surface area contributed by atoms with Crippen molar-refractivity contribution in [2.24, 2.45) is 16.9 Å². The predicted molar refractivity (Wildman–Crippen MR) is 145 cm³/mol. The SMILES string of the molecule is CC(C)COc1ccc(Cl)cc1/C=N\NC(=O)[C@H](CC(C)C)NC(=O)[C@H](C)Oc1ccc(Cl)cc1Cl. The second-order valence-corrected chi connectivity index (χ2v) is 10.4. The summed E-state index contributed by atoms with van der Waals surface area (Å²) >= 11 is 18.1. The summed E-state index contributed by atoms with van der Waals surface area (Å²) in [6.07, 6.45) is 0.963. The summed E-state index contributed by atoms with van der Waals surface area (Å²) in [7, 11) is 0. The summed E-state index contributed by atoms with van der Waals surface area (Å²) in [4.78, 5) is 25.6. The van der Waals surface area contributed by atoms with Crippen LogP contribution in [-0.4, -0.2) is 36.8 Å².